The van der Waals surface area contributed by atoms with Crippen molar-refractivity contribution < 1.29 is 9.53 Å². The van der Waals surface area contributed by atoms with Crippen molar-refractivity contribution in [2.75, 3.05) is 38.1 Å². The van der Waals surface area contributed by atoms with E-state index in [4.69, 9.17) is 4.74 Å². The fourth-order valence-corrected chi connectivity index (χ4v) is 2.35. The first-order chi connectivity index (χ1) is 8.74. The Morgan fingerprint density at radius 2 is 2.61 bits per heavy atom. The highest BCUT2D eigenvalue weighted by Gasteiger charge is 2.16. The second-order valence-corrected chi connectivity index (χ2v) is 5.07. The molecule has 1 aliphatic rings. The van der Waals surface area contributed by atoms with Gasteiger partial charge in [-0.2, -0.15) is 4.37 Å². The maximum atomic E-state index is 11.5. The monoisotopic (exact) mass is 270 g/mol. The van der Waals surface area contributed by atoms with Gasteiger partial charge in [-0.25, -0.2) is 4.79 Å². The molecular formula is C11H18N4O2S. The van der Waals surface area contributed by atoms with Gasteiger partial charge in [-0.3, -0.25) is 10.2 Å². The molecule has 1 fully saturated rings. The molecule has 0 bridgehead atoms. The van der Waals surface area contributed by atoms with Crippen LogP contribution in [0, 0.1) is 0 Å². The molecule has 0 aliphatic carbocycles. The van der Waals surface area contributed by atoms with E-state index < -0.39 is 0 Å². The summed E-state index contributed by atoms with van der Waals surface area (Å²) in [6, 6.07) is 1.59. The van der Waals surface area contributed by atoms with Crippen LogP contribution in [0.15, 0.2) is 12.3 Å². The Kier molecular flexibility index (Phi) is 4.91. The zero-order valence-electron chi connectivity index (χ0n) is 10.4. The van der Waals surface area contributed by atoms with Gasteiger partial charge in [0.25, 0.3) is 0 Å². The van der Waals surface area contributed by atoms with Gasteiger partial charge in [-0.05, 0) is 24.5 Å². The minimum Gasteiger partial charge on any atom is -0.376 e. The third kappa shape index (κ3) is 4.25. The van der Waals surface area contributed by atoms with Crippen molar-refractivity contribution in [3.8, 4) is 0 Å². The fraction of sp³-hybridized carbons (Fsp3) is 0.636. The number of hydrogen-bond acceptors (Lipinski definition) is 5. The Hall–Kier alpha value is -1.18. The van der Waals surface area contributed by atoms with Crippen molar-refractivity contribution in [3.63, 3.8) is 0 Å². The Morgan fingerprint density at radius 3 is 3.33 bits per heavy atom. The van der Waals surface area contributed by atoms with E-state index in [1.54, 1.807) is 12.3 Å². The molecular weight excluding hydrogens is 252 g/mol. The first-order valence-electron chi connectivity index (χ1n) is 6.03. The number of amides is 2. The molecule has 1 aromatic heterocycles. The summed E-state index contributed by atoms with van der Waals surface area (Å²) >= 11 is 1.26. The van der Waals surface area contributed by atoms with Crippen LogP contribution >= 0.6 is 11.5 Å². The lowest BCUT2D eigenvalue weighted by Gasteiger charge is -2.30. The highest BCUT2D eigenvalue weighted by Crippen LogP contribution is 2.10. The summed E-state index contributed by atoms with van der Waals surface area (Å²) in [7, 11) is 0. The first-order valence-corrected chi connectivity index (χ1v) is 6.81. The number of anilines is 1. The van der Waals surface area contributed by atoms with Crippen molar-refractivity contribution in [3.05, 3.63) is 12.3 Å². The summed E-state index contributed by atoms with van der Waals surface area (Å²) < 4.78 is 9.37. The van der Waals surface area contributed by atoms with Crippen LogP contribution in [0.5, 0.6) is 0 Å². The average Bonchev–Trinajstić information content (AvgIpc) is 2.82. The molecule has 2 amide bonds. The molecule has 7 heteroatoms. The lowest BCUT2D eigenvalue weighted by Crippen LogP contribution is -2.45. The topological polar surface area (TPSA) is 66.5 Å². The Morgan fingerprint density at radius 1 is 1.72 bits per heavy atom. The summed E-state index contributed by atoms with van der Waals surface area (Å²) in [5.41, 5.74) is 0. The van der Waals surface area contributed by atoms with Gasteiger partial charge in [0.2, 0.25) is 0 Å². The minimum atomic E-state index is -0.180. The van der Waals surface area contributed by atoms with E-state index in [2.05, 4.69) is 26.8 Å². The van der Waals surface area contributed by atoms with Crippen LogP contribution in [0.1, 0.15) is 6.92 Å². The minimum absolute atomic E-state index is 0.180. The predicted octanol–water partition coefficient (Wildman–Crippen LogP) is 0.985. The van der Waals surface area contributed by atoms with Gasteiger partial charge in [0.1, 0.15) is 5.00 Å². The van der Waals surface area contributed by atoms with Gasteiger partial charge in [-0.15, -0.1) is 0 Å². The average molecular weight is 270 g/mol. The SMILES string of the molecule is CC1CN(CCNC(=O)Nc2ccns2)CCO1. The summed E-state index contributed by atoms with van der Waals surface area (Å²) in [4.78, 5) is 13.8. The number of nitrogens with zero attached hydrogens (tertiary/aromatic N) is 2. The van der Waals surface area contributed by atoms with Crippen LogP contribution in [0.25, 0.3) is 0 Å². The summed E-state index contributed by atoms with van der Waals surface area (Å²) in [6.45, 7) is 6.19. The molecule has 18 heavy (non-hydrogen) atoms. The smallest absolute Gasteiger partial charge is 0.319 e. The van der Waals surface area contributed by atoms with Crippen molar-refractivity contribution in [2.24, 2.45) is 0 Å². The number of rotatable bonds is 4. The van der Waals surface area contributed by atoms with Crippen molar-refractivity contribution >= 4 is 22.6 Å². The third-order valence-corrected chi connectivity index (χ3v) is 3.38. The number of urea groups is 1. The Balaban J connectivity index is 1.61. The predicted molar refractivity (Wildman–Crippen MR) is 71.0 cm³/mol. The second-order valence-electron chi connectivity index (χ2n) is 4.24. The molecule has 0 aromatic carbocycles. The van der Waals surface area contributed by atoms with Gasteiger partial charge in [0.15, 0.2) is 0 Å². The number of morpholine rings is 1. The lowest BCUT2D eigenvalue weighted by molar-refractivity contribution is -0.0174. The van der Waals surface area contributed by atoms with E-state index in [9.17, 15) is 4.79 Å². The van der Waals surface area contributed by atoms with E-state index in [0.29, 0.717) is 6.54 Å². The van der Waals surface area contributed by atoms with Crippen molar-refractivity contribution in [1.82, 2.24) is 14.6 Å². The van der Waals surface area contributed by atoms with Crippen LogP contribution in [0.4, 0.5) is 9.80 Å². The zero-order chi connectivity index (χ0) is 12.8. The normalized spacial score (nSPS) is 20.6. The van der Waals surface area contributed by atoms with E-state index in [0.717, 1.165) is 31.2 Å². The summed E-state index contributed by atoms with van der Waals surface area (Å²) in [6.07, 6.45) is 1.94. The molecule has 2 N–H and O–H groups in total. The Bertz CT molecular complexity index is 371. The fourth-order valence-electron chi connectivity index (χ4n) is 1.86. The molecule has 1 aliphatic heterocycles. The molecule has 2 rings (SSSR count). The molecule has 0 saturated carbocycles. The number of nitrogens with one attached hydrogen (secondary N) is 2. The number of carbonyl (C=O) groups excluding carboxylic acids is 1. The quantitative estimate of drug-likeness (QED) is 0.856. The molecule has 100 valence electrons. The molecule has 0 spiro atoms. The summed E-state index contributed by atoms with van der Waals surface area (Å²) in [5, 5.41) is 6.32. The number of hydrogen-bond donors (Lipinski definition) is 2. The molecule has 1 saturated heterocycles. The maximum Gasteiger partial charge on any atom is 0.319 e. The van der Waals surface area contributed by atoms with Gasteiger partial charge in [0.05, 0.1) is 12.7 Å². The van der Waals surface area contributed by atoms with Crippen LogP contribution in [-0.2, 0) is 4.74 Å². The third-order valence-electron chi connectivity index (χ3n) is 2.71. The van der Waals surface area contributed by atoms with Crippen LogP contribution < -0.4 is 10.6 Å². The lowest BCUT2D eigenvalue weighted by atomic mass is 10.3. The van der Waals surface area contributed by atoms with Gasteiger partial charge >= 0.3 is 6.03 Å². The molecule has 0 radical (unpaired) electrons. The standard InChI is InChI=1S/C11H18N4O2S/c1-9-8-15(6-7-17-9)5-4-12-11(16)14-10-2-3-13-18-10/h2-3,9H,4-8H2,1H3,(H2,12,14,16). The number of ether oxygens (including phenoxy) is 1. The first kappa shape index (κ1) is 13.3. The molecule has 2 heterocycles. The largest absolute Gasteiger partial charge is 0.376 e. The van der Waals surface area contributed by atoms with E-state index in [-0.39, 0.29) is 12.1 Å². The molecule has 1 atom stereocenters. The van der Waals surface area contributed by atoms with Gasteiger partial charge < -0.3 is 10.1 Å². The van der Waals surface area contributed by atoms with E-state index in [1.807, 2.05) is 0 Å². The number of aromatic nitrogens is 1. The van der Waals surface area contributed by atoms with Gasteiger partial charge in [0, 0.05) is 32.4 Å². The zero-order valence-corrected chi connectivity index (χ0v) is 11.2. The second kappa shape index (κ2) is 6.67. The van der Waals surface area contributed by atoms with E-state index >= 15 is 0 Å². The van der Waals surface area contributed by atoms with Gasteiger partial charge in [-0.1, -0.05) is 0 Å². The highest BCUT2D eigenvalue weighted by molar-refractivity contribution is 7.10. The highest BCUT2D eigenvalue weighted by atomic mass is 32.1. The maximum absolute atomic E-state index is 11.5. The van der Waals surface area contributed by atoms with Crippen molar-refractivity contribution in [2.45, 2.75) is 13.0 Å². The van der Waals surface area contributed by atoms with Crippen LogP contribution in [-0.4, -0.2) is 54.2 Å². The molecule has 1 unspecified atom stereocenters. The molecule has 6 nitrogen and oxygen atoms in total. The number of carbonyl (C=O) groups is 1. The molecule has 1 aromatic rings. The Labute approximate surface area is 110 Å². The van der Waals surface area contributed by atoms with Crippen molar-refractivity contribution in [1.29, 1.82) is 0 Å². The van der Waals surface area contributed by atoms with E-state index in [1.165, 1.54) is 11.5 Å². The van der Waals surface area contributed by atoms with Crippen LogP contribution in [0.2, 0.25) is 0 Å². The summed E-state index contributed by atoms with van der Waals surface area (Å²) in [5.74, 6) is 0. The van der Waals surface area contributed by atoms with Crippen LogP contribution in [0.3, 0.4) is 0 Å².